The van der Waals surface area contributed by atoms with Gasteiger partial charge < -0.3 is 10.5 Å². The van der Waals surface area contributed by atoms with Gasteiger partial charge in [-0.3, -0.25) is 0 Å². The van der Waals surface area contributed by atoms with Crippen LogP contribution in [0.3, 0.4) is 0 Å². The van der Waals surface area contributed by atoms with E-state index in [4.69, 9.17) is 5.73 Å². The van der Waals surface area contributed by atoms with E-state index in [9.17, 15) is 17.6 Å². The summed E-state index contributed by atoms with van der Waals surface area (Å²) in [5, 5.41) is 0. The molecule has 9 heteroatoms. The van der Waals surface area contributed by atoms with E-state index >= 15 is 0 Å². The second kappa shape index (κ2) is 8.05. The molecule has 1 fully saturated rings. The van der Waals surface area contributed by atoms with Gasteiger partial charge in [0.15, 0.2) is 0 Å². The van der Waals surface area contributed by atoms with Gasteiger partial charge in [-0.1, -0.05) is 0 Å². The zero-order valence-corrected chi connectivity index (χ0v) is 14.3. The zero-order valence-electron chi connectivity index (χ0n) is 12.6. The van der Waals surface area contributed by atoms with Crippen LogP contribution >= 0.6 is 12.4 Å². The van der Waals surface area contributed by atoms with Gasteiger partial charge in [-0.05, 0) is 43.9 Å². The molecule has 6 nitrogen and oxygen atoms in total. The first-order valence-electron chi connectivity index (χ1n) is 6.99. The predicted octanol–water partition coefficient (Wildman–Crippen LogP) is 1.58. The molecule has 3 N–H and O–H groups in total. The third-order valence-electron chi connectivity index (χ3n) is 3.73. The van der Waals surface area contributed by atoms with Crippen molar-refractivity contribution >= 4 is 28.4 Å². The van der Waals surface area contributed by atoms with E-state index < -0.39 is 21.8 Å². The molecule has 23 heavy (non-hydrogen) atoms. The Hall–Kier alpha value is -1.22. The number of nitrogens with two attached hydrogens (primary N) is 1. The van der Waals surface area contributed by atoms with Gasteiger partial charge in [0.2, 0.25) is 10.0 Å². The summed E-state index contributed by atoms with van der Waals surface area (Å²) in [4.78, 5) is 11.4. The molecule has 1 aromatic rings. The molecule has 1 aromatic carbocycles. The number of esters is 1. The maximum atomic E-state index is 13.3. The fourth-order valence-electron chi connectivity index (χ4n) is 2.53. The van der Waals surface area contributed by atoms with E-state index in [-0.39, 0.29) is 34.9 Å². The molecule has 1 aliphatic rings. The monoisotopic (exact) mass is 366 g/mol. The van der Waals surface area contributed by atoms with Crippen molar-refractivity contribution in [3.63, 3.8) is 0 Å². The maximum absolute atomic E-state index is 13.3. The summed E-state index contributed by atoms with van der Waals surface area (Å²) < 4.78 is 45.3. The van der Waals surface area contributed by atoms with Crippen molar-refractivity contribution in [2.75, 3.05) is 7.11 Å². The normalized spacial score (nSPS) is 21.3. The van der Waals surface area contributed by atoms with Crippen molar-refractivity contribution in [2.45, 2.75) is 42.7 Å². The summed E-state index contributed by atoms with van der Waals surface area (Å²) in [6.45, 7) is 0. The number of benzene rings is 1. The molecule has 0 radical (unpaired) electrons. The zero-order chi connectivity index (χ0) is 16.3. The Kier molecular flexibility index (Phi) is 6.94. The predicted molar refractivity (Wildman–Crippen MR) is 85.5 cm³/mol. The van der Waals surface area contributed by atoms with Gasteiger partial charge >= 0.3 is 5.97 Å². The quantitative estimate of drug-likeness (QED) is 0.788. The molecule has 2 rings (SSSR count). The first-order valence-corrected chi connectivity index (χ1v) is 8.47. The van der Waals surface area contributed by atoms with Crippen molar-refractivity contribution < 1.29 is 22.3 Å². The molecule has 0 aliphatic heterocycles. The lowest BCUT2D eigenvalue weighted by atomic mass is 9.93. The Morgan fingerprint density at radius 3 is 2.48 bits per heavy atom. The fourth-order valence-corrected chi connectivity index (χ4v) is 4.01. The van der Waals surface area contributed by atoms with E-state index in [0.717, 1.165) is 38.2 Å². The van der Waals surface area contributed by atoms with Crippen molar-refractivity contribution in [3.05, 3.63) is 29.6 Å². The van der Waals surface area contributed by atoms with E-state index in [1.165, 1.54) is 0 Å². The molecule has 0 atom stereocenters. The number of carbonyl (C=O) groups is 1. The summed E-state index contributed by atoms with van der Waals surface area (Å²) >= 11 is 0. The lowest BCUT2D eigenvalue weighted by molar-refractivity contribution is 0.0595. The number of carbonyl (C=O) groups excluding carboxylic acids is 1. The first-order chi connectivity index (χ1) is 10.3. The molecular formula is C14H20ClFN2O4S. The minimum Gasteiger partial charge on any atom is -0.465 e. The Morgan fingerprint density at radius 2 is 1.91 bits per heavy atom. The largest absolute Gasteiger partial charge is 0.465 e. The second-order valence-electron chi connectivity index (χ2n) is 5.37. The lowest BCUT2D eigenvalue weighted by Gasteiger charge is -2.26. The summed E-state index contributed by atoms with van der Waals surface area (Å²) in [5.41, 5.74) is 5.47. The molecule has 1 aliphatic carbocycles. The van der Waals surface area contributed by atoms with Gasteiger partial charge in [-0.15, -0.1) is 12.4 Å². The Labute approximate surface area is 141 Å². The van der Waals surface area contributed by atoms with Gasteiger partial charge in [0.05, 0.1) is 17.6 Å². The number of rotatable bonds is 4. The molecule has 0 spiro atoms. The van der Waals surface area contributed by atoms with Gasteiger partial charge in [-0.2, -0.15) is 0 Å². The van der Waals surface area contributed by atoms with Crippen LogP contribution in [0, 0.1) is 5.82 Å². The first kappa shape index (κ1) is 19.8. The number of hydrogen-bond acceptors (Lipinski definition) is 5. The number of halogens is 2. The Morgan fingerprint density at radius 1 is 1.30 bits per heavy atom. The third kappa shape index (κ3) is 4.87. The summed E-state index contributed by atoms with van der Waals surface area (Å²) in [6, 6.07) is 2.78. The molecule has 0 bridgehead atoms. The van der Waals surface area contributed by atoms with Crippen LogP contribution < -0.4 is 10.5 Å². The van der Waals surface area contributed by atoms with Crippen LogP contribution in [-0.4, -0.2) is 33.6 Å². The number of methoxy groups -OCH3 is 1. The highest BCUT2D eigenvalue weighted by Gasteiger charge is 2.28. The van der Waals surface area contributed by atoms with E-state index in [1.54, 1.807) is 0 Å². The topological polar surface area (TPSA) is 98.5 Å². The van der Waals surface area contributed by atoms with Crippen LogP contribution in [0.25, 0.3) is 0 Å². The fraction of sp³-hybridized carbons (Fsp3) is 0.500. The SMILES string of the molecule is COC(=O)c1cc(F)ccc1S(=O)(=O)NC1CCC(N)CC1.Cl. The summed E-state index contributed by atoms with van der Waals surface area (Å²) in [5.74, 6) is -1.60. The van der Waals surface area contributed by atoms with E-state index in [2.05, 4.69) is 9.46 Å². The Balaban J connectivity index is 0.00000264. The molecule has 0 saturated heterocycles. The van der Waals surface area contributed by atoms with E-state index in [0.29, 0.717) is 12.8 Å². The minimum atomic E-state index is -3.94. The van der Waals surface area contributed by atoms with Gasteiger partial charge in [0, 0.05) is 12.1 Å². The number of hydrogen-bond donors (Lipinski definition) is 2. The number of sulfonamides is 1. The maximum Gasteiger partial charge on any atom is 0.339 e. The summed E-state index contributed by atoms with van der Waals surface area (Å²) in [6.07, 6.45) is 2.74. The highest BCUT2D eigenvalue weighted by atomic mass is 35.5. The third-order valence-corrected chi connectivity index (χ3v) is 5.31. The lowest BCUT2D eigenvalue weighted by Crippen LogP contribution is -2.40. The minimum absolute atomic E-state index is 0. The average Bonchev–Trinajstić information content (AvgIpc) is 2.48. The molecule has 0 heterocycles. The molecule has 0 amide bonds. The molecule has 1 saturated carbocycles. The van der Waals surface area contributed by atoms with Gasteiger partial charge in [0.1, 0.15) is 5.82 Å². The summed E-state index contributed by atoms with van der Waals surface area (Å²) in [7, 11) is -2.83. The van der Waals surface area contributed by atoms with Gasteiger partial charge in [-0.25, -0.2) is 22.3 Å². The molecular weight excluding hydrogens is 347 g/mol. The second-order valence-corrected chi connectivity index (χ2v) is 7.05. The number of nitrogens with one attached hydrogen (secondary N) is 1. The average molecular weight is 367 g/mol. The van der Waals surface area contributed by atoms with Crippen molar-refractivity contribution in [3.8, 4) is 0 Å². The van der Waals surface area contributed by atoms with Crippen LogP contribution in [0.1, 0.15) is 36.0 Å². The molecule has 0 aromatic heterocycles. The van der Waals surface area contributed by atoms with Crippen molar-refractivity contribution in [2.24, 2.45) is 5.73 Å². The standard InChI is InChI=1S/C14H19FN2O4S.ClH/c1-21-14(18)12-8-9(15)2-7-13(12)22(19,20)17-11-5-3-10(16)4-6-11;/h2,7-8,10-11,17H,3-6,16H2,1H3;1H. The molecule has 0 unspecified atom stereocenters. The van der Waals surface area contributed by atoms with Crippen LogP contribution in [0.2, 0.25) is 0 Å². The van der Waals surface area contributed by atoms with Crippen molar-refractivity contribution in [1.29, 1.82) is 0 Å². The van der Waals surface area contributed by atoms with Crippen LogP contribution in [0.4, 0.5) is 4.39 Å². The van der Waals surface area contributed by atoms with Crippen molar-refractivity contribution in [1.82, 2.24) is 4.72 Å². The van der Waals surface area contributed by atoms with Crippen LogP contribution in [-0.2, 0) is 14.8 Å². The highest BCUT2D eigenvalue weighted by molar-refractivity contribution is 7.89. The van der Waals surface area contributed by atoms with Crippen LogP contribution in [0.15, 0.2) is 23.1 Å². The van der Waals surface area contributed by atoms with E-state index in [1.807, 2.05) is 0 Å². The smallest absolute Gasteiger partial charge is 0.339 e. The number of ether oxygens (including phenoxy) is 1. The van der Waals surface area contributed by atoms with Crippen LogP contribution in [0.5, 0.6) is 0 Å². The Bertz CT molecular complexity index is 661. The molecule has 130 valence electrons. The van der Waals surface area contributed by atoms with Gasteiger partial charge in [0.25, 0.3) is 0 Å². The highest BCUT2D eigenvalue weighted by Crippen LogP contribution is 2.22.